The number of hydrogen-bond donors (Lipinski definition) is 0. The molecule has 1 atom stereocenters. The summed E-state index contributed by atoms with van der Waals surface area (Å²) >= 11 is 1.22. The van der Waals surface area contributed by atoms with Crippen molar-refractivity contribution in [1.29, 1.82) is 0 Å². The van der Waals surface area contributed by atoms with E-state index in [9.17, 15) is 13.2 Å². The molecule has 31 heavy (non-hydrogen) atoms. The number of ether oxygens (including phenoxy) is 1. The van der Waals surface area contributed by atoms with Gasteiger partial charge in [-0.2, -0.15) is 4.31 Å². The van der Waals surface area contributed by atoms with E-state index in [2.05, 4.69) is 17.0 Å². The lowest BCUT2D eigenvalue weighted by Gasteiger charge is -2.34. The topological polar surface area (TPSA) is 70.2 Å². The molecule has 3 heterocycles. The largest absolute Gasteiger partial charge is 0.378 e. The number of amides is 1. The second kappa shape index (κ2) is 9.68. The SMILES string of the molecule is CN(Cc1ccccc1N1CCOCC1)C(=O)C1CCCN(S(=O)(=O)c2cccs2)C1. The number of thiophene rings is 1. The Kier molecular flexibility index (Phi) is 6.95. The molecule has 2 saturated heterocycles. The number of sulfonamides is 1. The van der Waals surface area contributed by atoms with Crippen molar-refractivity contribution < 1.29 is 17.9 Å². The van der Waals surface area contributed by atoms with Gasteiger partial charge in [0.2, 0.25) is 5.91 Å². The Labute approximate surface area is 188 Å². The van der Waals surface area contributed by atoms with E-state index in [4.69, 9.17) is 4.74 Å². The van der Waals surface area contributed by atoms with Crippen LogP contribution in [0, 0.1) is 5.92 Å². The normalized spacial score (nSPS) is 20.5. The maximum atomic E-state index is 13.2. The van der Waals surface area contributed by atoms with Crippen molar-refractivity contribution in [3.63, 3.8) is 0 Å². The van der Waals surface area contributed by atoms with Crippen LogP contribution in [0.5, 0.6) is 0 Å². The Morgan fingerprint density at radius 3 is 2.68 bits per heavy atom. The number of piperidine rings is 1. The van der Waals surface area contributed by atoms with Gasteiger partial charge in [-0.3, -0.25) is 4.79 Å². The summed E-state index contributed by atoms with van der Waals surface area (Å²) in [6.07, 6.45) is 1.41. The lowest BCUT2D eigenvalue weighted by atomic mass is 9.98. The summed E-state index contributed by atoms with van der Waals surface area (Å²) in [5, 5.41) is 1.76. The van der Waals surface area contributed by atoms with Crippen molar-refractivity contribution in [2.75, 3.05) is 51.3 Å². The number of rotatable bonds is 6. The summed E-state index contributed by atoms with van der Waals surface area (Å²) < 4.78 is 33.1. The van der Waals surface area contributed by atoms with Crippen molar-refractivity contribution in [2.24, 2.45) is 5.92 Å². The molecule has 1 aromatic heterocycles. The van der Waals surface area contributed by atoms with Crippen molar-refractivity contribution in [3.8, 4) is 0 Å². The molecule has 7 nitrogen and oxygen atoms in total. The lowest BCUT2D eigenvalue weighted by molar-refractivity contribution is -0.135. The number of anilines is 1. The van der Waals surface area contributed by atoms with Crippen LogP contribution in [0.15, 0.2) is 46.0 Å². The zero-order valence-electron chi connectivity index (χ0n) is 17.8. The monoisotopic (exact) mass is 463 g/mol. The van der Waals surface area contributed by atoms with Crippen LogP contribution in [0.25, 0.3) is 0 Å². The van der Waals surface area contributed by atoms with Crippen LogP contribution in [0.3, 0.4) is 0 Å². The fourth-order valence-electron chi connectivity index (χ4n) is 4.30. The second-order valence-electron chi connectivity index (χ2n) is 8.06. The van der Waals surface area contributed by atoms with E-state index in [-0.39, 0.29) is 18.4 Å². The summed E-state index contributed by atoms with van der Waals surface area (Å²) in [6, 6.07) is 11.5. The quantitative estimate of drug-likeness (QED) is 0.659. The van der Waals surface area contributed by atoms with Crippen molar-refractivity contribution in [3.05, 3.63) is 47.3 Å². The van der Waals surface area contributed by atoms with E-state index < -0.39 is 10.0 Å². The fourth-order valence-corrected chi connectivity index (χ4v) is 6.97. The van der Waals surface area contributed by atoms with Crippen LogP contribution in [0.4, 0.5) is 5.69 Å². The predicted molar refractivity (Wildman–Crippen MR) is 122 cm³/mol. The fraction of sp³-hybridized carbons (Fsp3) is 0.500. The number of benzene rings is 1. The Morgan fingerprint density at radius 1 is 1.16 bits per heavy atom. The first-order chi connectivity index (χ1) is 15.0. The number of morpholine rings is 1. The smallest absolute Gasteiger partial charge is 0.252 e. The highest BCUT2D eigenvalue weighted by Crippen LogP contribution is 2.28. The first kappa shape index (κ1) is 22.3. The van der Waals surface area contributed by atoms with Gasteiger partial charge < -0.3 is 14.5 Å². The average Bonchev–Trinajstić information content (AvgIpc) is 3.35. The number of para-hydroxylation sites is 1. The van der Waals surface area contributed by atoms with Gasteiger partial charge in [-0.15, -0.1) is 11.3 Å². The van der Waals surface area contributed by atoms with Gasteiger partial charge in [0.05, 0.1) is 19.1 Å². The Bertz CT molecular complexity index is 988. The van der Waals surface area contributed by atoms with Crippen LogP contribution >= 0.6 is 11.3 Å². The standard InChI is InChI=1S/C22H29N3O4S2/c1-23(16-18-6-2-3-8-20(18)24-11-13-29-14-12-24)22(26)19-7-4-10-25(17-19)31(27,28)21-9-5-15-30-21/h2-3,5-6,8-9,15,19H,4,7,10-14,16-17H2,1H3. The molecule has 1 aromatic carbocycles. The van der Waals surface area contributed by atoms with Crippen LogP contribution in [-0.2, 0) is 26.1 Å². The van der Waals surface area contributed by atoms with E-state index in [1.807, 2.05) is 19.2 Å². The molecule has 9 heteroatoms. The van der Waals surface area contributed by atoms with Crippen LogP contribution in [0.2, 0.25) is 0 Å². The lowest BCUT2D eigenvalue weighted by Crippen LogP contribution is -2.45. The molecule has 1 unspecified atom stereocenters. The zero-order chi connectivity index (χ0) is 21.8. The third-order valence-electron chi connectivity index (χ3n) is 5.95. The molecule has 168 valence electrons. The first-order valence-corrected chi connectivity index (χ1v) is 13.0. The van der Waals surface area contributed by atoms with Gasteiger partial charge in [0.25, 0.3) is 10.0 Å². The number of hydrogen-bond acceptors (Lipinski definition) is 6. The Morgan fingerprint density at radius 2 is 1.94 bits per heavy atom. The summed E-state index contributed by atoms with van der Waals surface area (Å²) in [5.74, 6) is -0.313. The highest BCUT2D eigenvalue weighted by atomic mass is 32.2. The molecule has 2 aromatic rings. The number of nitrogens with zero attached hydrogens (tertiary/aromatic N) is 3. The van der Waals surface area contributed by atoms with Crippen molar-refractivity contribution >= 4 is 33.0 Å². The molecule has 4 rings (SSSR count). The van der Waals surface area contributed by atoms with E-state index in [1.54, 1.807) is 22.4 Å². The molecule has 2 aliphatic rings. The van der Waals surface area contributed by atoms with Crippen LogP contribution in [-0.4, -0.2) is 70.0 Å². The average molecular weight is 464 g/mol. The first-order valence-electron chi connectivity index (χ1n) is 10.7. The van der Waals surface area contributed by atoms with Gasteiger partial charge >= 0.3 is 0 Å². The molecule has 2 fully saturated rings. The molecule has 0 spiro atoms. The summed E-state index contributed by atoms with van der Waals surface area (Å²) in [6.45, 7) is 4.31. The van der Waals surface area contributed by atoms with Crippen molar-refractivity contribution in [2.45, 2.75) is 23.6 Å². The maximum Gasteiger partial charge on any atom is 0.252 e. The highest BCUT2D eigenvalue weighted by molar-refractivity contribution is 7.91. The number of carbonyl (C=O) groups excluding carboxylic acids is 1. The highest BCUT2D eigenvalue weighted by Gasteiger charge is 2.35. The molecule has 0 bridgehead atoms. The summed E-state index contributed by atoms with van der Waals surface area (Å²) in [7, 11) is -1.72. The third-order valence-corrected chi connectivity index (χ3v) is 9.19. The summed E-state index contributed by atoms with van der Waals surface area (Å²) in [4.78, 5) is 17.3. The number of carbonyl (C=O) groups is 1. The molecule has 0 saturated carbocycles. The van der Waals surface area contributed by atoms with Crippen LogP contribution < -0.4 is 4.90 Å². The predicted octanol–water partition coefficient (Wildman–Crippen LogP) is 2.64. The molecule has 1 amide bonds. The van der Waals surface area contributed by atoms with Gasteiger partial charge in [-0.25, -0.2) is 8.42 Å². The third kappa shape index (κ3) is 4.95. The molecule has 0 radical (unpaired) electrons. The van der Waals surface area contributed by atoms with Gasteiger partial charge in [-0.05, 0) is 35.9 Å². The summed E-state index contributed by atoms with van der Waals surface area (Å²) in [5.41, 5.74) is 2.23. The minimum absolute atomic E-state index is 0.00265. The van der Waals surface area contributed by atoms with E-state index in [1.165, 1.54) is 15.6 Å². The molecule has 0 N–H and O–H groups in total. The minimum Gasteiger partial charge on any atom is -0.378 e. The zero-order valence-corrected chi connectivity index (χ0v) is 19.4. The Balaban J connectivity index is 1.44. The van der Waals surface area contributed by atoms with Crippen LogP contribution in [0.1, 0.15) is 18.4 Å². The second-order valence-corrected chi connectivity index (χ2v) is 11.2. The van der Waals surface area contributed by atoms with Gasteiger partial charge in [0.15, 0.2) is 0 Å². The molecule has 0 aliphatic carbocycles. The van der Waals surface area contributed by atoms with Gasteiger partial charge in [0.1, 0.15) is 4.21 Å². The minimum atomic E-state index is -3.53. The van der Waals surface area contributed by atoms with Gasteiger partial charge in [-0.1, -0.05) is 24.3 Å². The Hall–Kier alpha value is -1.94. The van der Waals surface area contributed by atoms with E-state index in [0.29, 0.717) is 43.4 Å². The van der Waals surface area contributed by atoms with E-state index in [0.717, 1.165) is 24.3 Å². The van der Waals surface area contributed by atoms with Crippen molar-refractivity contribution in [1.82, 2.24) is 9.21 Å². The molecular weight excluding hydrogens is 434 g/mol. The molecular formula is C22H29N3O4S2. The van der Waals surface area contributed by atoms with Gasteiger partial charge in [0, 0.05) is 45.5 Å². The maximum absolute atomic E-state index is 13.2. The van der Waals surface area contributed by atoms with E-state index >= 15 is 0 Å². The molecule has 2 aliphatic heterocycles.